The second-order valence-electron chi connectivity index (χ2n) is 6.41. The first-order chi connectivity index (χ1) is 10.5. The Morgan fingerprint density at radius 3 is 2.77 bits per heavy atom. The number of aromatic nitrogens is 3. The summed E-state index contributed by atoms with van der Waals surface area (Å²) in [7, 11) is 0. The van der Waals surface area contributed by atoms with Crippen molar-refractivity contribution in [2.24, 2.45) is 5.92 Å². The predicted molar refractivity (Wildman–Crippen MR) is 79.9 cm³/mol. The number of aryl methyl sites for hydroxylation is 2. The summed E-state index contributed by atoms with van der Waals surface area (Å²) in [5.74, 6) is 0.989. The van der Waals surface area contributed by atoms with Crippen LogP contribution in [0.3, 0.4) is 0 Å². The monoisotopic (exact) mass is 305 g/mol. The van der Waals surface area contributed by atoms with E-state index in [1.165, 1.54) is 0 Å². The molecule has 1 N–H and O–H groups in total. The number of likely N-dealkylation sites (tertiary alicyclic amines) is 1. The summed E-state index contributed by atoms with van der Waals surface area (Å²) < 4.78 is 1.83. The molecule has 3 rings (SSSR count). The molecular weight excluding hydrogens is 282 g/mol. The number of carbonyl (C=O) groups excluding carboxylic acids is 2. The summed E-state index contributed by atoms with van der Waals surface area (Å²) in [4.78, 5) is 30.6. The predicted octanol–water partition coefficient (Wildman–Crippen LogP) is 0.796. The van der Waals surface area contributed by atoms with Crippen LogP contribution >= 0.6 is 0 Å². The molecule has 1 aromatic rings. The number of hydrogen-bond acceptors (Lipinski definition) is 4. The van der Waals surface area contributed by atoms with Gasteiger partial charge in [0.1, 0.15) is 11.6 Å². The minimum absolute atomic E-state index is 0.214. The van der Waals surface area contributed by atoms with Gasteiger partial charge in [0.15, 0.2) is 0 Å². The van der Waals surface area contributed by atoms with E-state index in [1.54, 1.807) is 4.90 Å². The van der Waals surface area contributed by atoms with E-state index in [9.17, 15) is 9.59 Å². The van der Waals surface area contributed by atoms with Gasteiger partial charge < -0.3 is 10.2 Å². The summed E-state index contributed by atoms with van der Waals surface area (Å²) in [5, 5.41) is 7.16. The Morgan fingerprint density at radius 1 is 1.23 bits per heavy atom. The van der Waals surface area contributed by atoms with E-state index < -0.39 is 11.8 Å². The van der Waals surface area contributed by atoms with Crippen molar-refractivity contribution in [3.05, 3.63) is 11.6 Å². The van der Waals surface area contributed by atoms with Gasteiger partial charge in [-0.2, -0.15) is 5.10 Å². The van der Waals surface area contributed by atoms with Crippen molar-refractivity contribution >= 4 is 11.8 Å². The van der Waals surface area contributed by atoms with E-state index in [0.29, 0.717) is 24.8 Å². The van der Waals surface area contributed by atoms with E-state index in [1.807, 2.05) is 11.6 Å². The van der Waals surface area contributed by atoms with Crippen LogP contribution in [0.4, 0.5) is 0 Å². The van der Waals surface area contributed by atoms with Gasteiger partial charge in [-0.1, -0.05) is 6.92 Å². The smallest absolute Gasteiger partial charge is 0.311 e. The van der Waals surface area contributed by atoms with Crippen molar-refractivity contribution in [3.63, 3.8) is 0 Å². The minimum Gasteiger partial charge on any atom is -0.338 e. The fourth-order valence-corrected chi connectivity index (χ4v) is 3.34. The number of nitrogens with zero attached hydrogens (tertiary/aromatic N) is 4. The molecule has 3 heterocycles. The third-order valence-electron chi connectivity index (χ3n) is 4.42. The van der Waals surface area contributed by atoms with Gasteiger partial charge >= 0.3 is 11.8 Å². The Bertz CT molecular complexity index is 582. The Kier molecular flexibility index (Phi) is 4.13. The topological polar surface area (TPSA) is 80.1 Å². The number of piperidine rings is 1. The highest BCUT2D eigenvalue weighted by Crippen LogP contribution is 2.23. The lowest BCUT2D eigenvalue weighted by Crippen LogP contribution is -2.48. The highest BCUT2D eigenvalue weighted by Gasteiger charge is 2.30. The molecule has 0 radical (unpaired) electrons. The number of fused-ring (bicyclic) bond motifs is 1. The molecule has 0 saturated carbocycles. The van der Waals surface area contributed by atoms with Crippen molar-refractivity contribution in [3.8, 4) is 0 Å². The Morgan fingerprint density at radius 2 is 2.00 bits per heavy atom. The van der Waals surface area contributed by atoms with E-state index >= 15 is 0 Å². The number of carbonyl (C=O) groups is 2. The first-order valence-corrected chi connectivity index (χ1v) is 8.05. The van der Waals surface area contributed by atoms with Crippen LogP contribution in [0.5, 0.6) is 0 Å². The lowest BCUT2D eigenvalue weighted by molar-refractivity contribution is -0.147. The zero-order chi connectivity index (χ0) is 15.7. The van der Waals surface area contributed by atoms with Crippen molar-refractivity contribution in [2.75, 3.05) is 13.1 Å². The summed E-state index contributed by atoms with van der Waals surface area (Å²) in [5.41, 5.74) is 0. The van der Waals surface area contributed by atoms with E-state index in [-0.39, 0.29) is 6.04 Å². The second-order valence-corrected chi connectivity index (χ2v) is 6.41. The minimum atomic E-state index is -0.520. The normalized spacial score (nSPS) is 24.7. The molecule has 1 aromatic heterocycles. The Labute approximate surface area is 130 Å². The third-order valence-corrected chi connectivity index (χ3v) is 4.42. The molecule has 7 heteroatoms. The van der Waals surface area contributed by atoms with Gasteiger partial charge in [0.25, 0.3) is 0 Å². The molecular formula is C15H23N5O2. The second kappa shape index (κ2) is 6.06. The largest absolute Gasteiger partial charge is 0.338 e. The zero-order valence-corrected chi connectivity index (χ0v) is 13.2. The fraction of sp³-hybridized carbons (Fsp3) is 0.733. The van der Waals surface area contributed by atoms with E-state index in [2.05, 4.69) is 22.3 Å². The molecule has 0 aromatic carbocycles. The van der Waals surface area contributed by atoms with Crippen molar-refractivity contribution in [1.29, 1.82) is 0 Å². The molecule has 0 bridgehead atoms. The Hall–Kier alpha value is -1.92. The maximum absolute atomic E-state index is 12.3. The lowest BCUT2D eigenvalue weighted by atomic mass is 10.0. The van der Waals surface area contributed by atoms with Crippen LogP contribution < -0.4 is 5.32 Å². The summed E-state index contributed by atoms with van der Waals surface area (Å²) >= 11 is 0. The summed E-state index contributed by atoms with van der Waals surface area (Å²) in [6.07, 6.45) is 3.82. The number of rotatable bonds is 1. The molecule has 0 spiro atoms. The molecule has 0 aliphatic carbocycles. The van der Waals surface area contributed by atoms with Crippen molar-refractivity contribution in [1.82, 2.24) is 25.0 Å². The van der Waals surface area contributed by atoms with Crippen LogP contribution in [0.15, 0.2) is 0 Å². The molecule has 2 aliphatic rings. The molecule has 2 amide bonds. The van der Waals surface area contributed by atoms with Gasteiger partial charge in [0.05, 0.1) is 6.04 Å². The van der Waals surface area contributed by atoms with Crippen LogP contribution in [0.2, 0.25) is 0 Å². The fourth-order valence-electron chi connectivity index (χ4n) is 3.34. The SMILES string of the molecule is Cc1nc2n(n1)CCCC2NC(=O)C(=O)N1CCCC(C)C1. The van der Waals surface area contributed by atoms with E-state index in [4.69, 9.17) is 0 Å². The highest BCUT2D eigenvalue weighted by atomic mass is 16.2. The number of hydrogen-bond donors (Lipinski definition) is 1. The van der Waals surface area contributed by atoms with Gasteiger partial charge in [-0.15, -0.1) is 0 Å². The first-order valence-electron chi connectivity index (χ1n) is 8.05. The van der Waals surface area contributed by atoms with Crippen LogP contribution in [-0.2, 0) is 16.1 Å². The van der Waals surface area contributed by atoms with Crippen LogP contribution in [0, 0.1) is 12.8 Å². The molecule has 1 fully saturated rings. The average Bonchev–Trinajstić information content (AvgIpc) is 2.88. The van der Waals surface area contributed by atoms with Crippen molar-refractivity contribution < 1.29 is 9.59 Å². The van der Waals surface area contributed by atoms with Crippen LogP contribution in [0.25, 0.3) is 0 Å². The zero-order valence-electron chi connectivity index (χ0n) is 13.2. The molecule has 22 heavy (non-hydrogen) atoms. The number of nitrogens with one attached hydrogen (secondary N) is 1. The molecule has 120 valence electrons. The third kappa shape index (κ3) is 2.98. The molecule has 1 saturated heterocycles. The number of amides is 2. The molecule has 2 aliphatic heterocycles. The standard InChI is InChI=1S/C15H23N5O2/c1-10-5-3-7-19(9-10)15(22)14(21)17-12-6-4-8-20-13(12)16-11(2)18-20/h10,12H,3-9H2,1-2H3,(H,17,21). The van der Waals surface area contributed by atoms with Crippen molar-refractivity contribution in [2.45, 2.75) is 52.1 Å². The summed E-state index contributed by atoms with van der Waals surface area (Å²) in [6.45, 7) is 6.12. The highest BCUT2D eigenvalue weighted by molar-refractivity contribution is 6.35. The quantitative estimate of drug-likeness (QED) is 0.778. The first kappa shape index (κ1) is 15.0. The maximum atomic E-state index is 12.3. The maximum Gasteiger partial charge on any atom is 0.311 e. The lowest BCUT2D eigenvalue weighted by Gasteiger charge is -2.31. The summed E-state index contributed by atoms with van der Waals surface area (Å²) in [6, 6.07) is -0.214. The van der Waals surface area contributed by atoms with Gasteiger partial charge in [-0.3, -0.25) is 9.59 Å². The van der Waals surface area contributed by atoms with Gasteiger partial charge in [0.2, 0.25) is 0 Å². The van der Waals surface area contributed by atoms with Gasteiger partial charge in [0, 0.05) is 19.6 Å². The van der Waals surface area contributed by atoms with E-state index in [0.717, 1.165) is 38.1 Å². The molecule has 7 nitrogen and oxygen atoms in total. The van der Waals surface area contributed by atoms with Crippen LogP contribution in [0.1, 0.15) is 50.3 Å². The average molecular weight is 305 g/mol. The molecule has 2 atom stereocenters. The van der Waals surface area contributed by atoms with Crippen LogP contribution in [-0.4, -0.2) is 44.6 Å². The van der Waals surface area contributed by atoms with Gasteiger partial charge in [-0.25, -0.2) is 9.67 Å². The molecule has 2 unspecified atom stereocenters. The Balaban J connectivity index is 1.66. The van der Waals surface area contributed by atoms with Gasteiger partial charge in [-0.05, 0) is 38.5 Å².